The van der Waals surface area contributed by atoms with Gasteiger partial charge in [0.15, 0.2) is 0 Å². The van der Waals surface area contributed by atoms with Crippen molar-refractivity contribution in [1.82, 2.24) is 4.72 Å². The number of hydrogen-bond acceptors (Lipinski definition) is 4. The molecule has 5 nitrogen and oxygen atoms in total. The second-order valence-corrected chi connectivity index (χ2v) is 5.76. The van der Waals surface area contributed by atoms with Gasteiger partial charge < -0.3 is 9.84 Å². The zero-order valence-corrected chi connectivity index (χ0v) is 10.4. The summed E-state index contributed by atoms with van der Waals surface area (Å²) in [4.78, 5) is 0. The van der Waals surface area contributed by atoms with Crippen LogP contribution < -0.4 is 4.72 Å². The van der Waals surface area contributed by atoms with E-state index in [1.54, 1.807) is 0 Å². The van der Waals surface area contributed by atoms with Gasteiger partial charge in [-0.2, -0.15) is 0 Å². The Hall–Kier alpha value is -0.170. The smallest absolute Gasteiger partial charge is 0.212 e. The summed E-state index contributed by atoms with van der Waals surface area (Å²) in [6, 6.07) is -0.344. The minimum Gasteiger partial charge on any atom is -0.396 e. The number of hydrogen-bond donors (Lipinski definition) is 2. The molecule has 0 aliphatic rings. The third-order valence-corrected chi connectivity index (χ3v) is 3.54. The van der Waals surface area contributed by atoms with E-state index in [4.69, 9.17) is 9.84 Å². The first-order valence-corrected chi connectivity index (χ1v) is 6.66. The Morgan fingerprint density at radius 3 is 2.40 bits per heavy atom. The summed E-state index contributed by atoms with van der Waals surface area (Å²) < 4.78 is 30.5. The van der Waals surface area contributed by atoms with Crippen molar-refractivity contribution in [3.8, 4) is 0 Å². The van der Waals surface area contributed by atoms with Gasteiger partial charge in [0.1, 0.15) is 0 Å². The van der Waals surface area contributed by atoms with Crippen LogP contribution in [0.4, 0.5) is 0 Å². The van der Waals surface area contributed by atoms with Crippen molar-refractivity contribution in [2.75, 3.05) is 26.1 Å². The molecule has 0 aliphatic heterocycles. The van der Waals surface area contributed by atoms with Gasteiger partial charge in [-0.25, -0.2) is 13.1 Å². The van der Waals surface area contributed by atoms with Crippen molar-refractivity contribution in [2.24, 2.45) is 5.92 Å². The average Bonchev–Trinajstić information content (AvgIpc) is 2.01. The molecule has 1 atom stereocenters. The first kappa shape index (κ1) is 14.8. The molecule has 92 valence electrons. The molecule has 0 radical (unpaired) electrons. The number of sulfonamides is 1. The van der Waals surface area contributed by atoms with Gasteiger partial charge in [-0.15, -0.1) is 0 Å². The Bertz CT molecular complexity index is 245. The highest BCUT2D eigenvalue weighted by Crippen LogP contribution is 2.01. The van der Waals surface area contributed by atoms with E-state index < -0.39 is 10.0 Å². The van der Waals surface area contributed by atoms with Crippen LogP contribution in [-0.2, 0) is 14.8 Å². The second kappa shape index (κ2) is 7.16. The number of methoxy groups -OCH3 is 1. The normalized spacial score (nSPS) is 14.5. The number of aliphatic hydroxyl groups excluding tert-OH is 1. The third-order valence-electron chi connectivity index (χ3n) is 1.74. The highest BCUT2D eigenvalue weighted by molar-refractivity contribution is 7.89. The first-order valence-electron chi connectivity index (χ1n) is 5.01. The fourth-order valence-corrected chi connectivity index (χ4v) is 2.94. The highest BCUT2D eigenvalue weighted by Gasteiger charge is 2.18. The monoisotopic (exact) mass is 239 g/mol. The summed E-state index contributed by atoms with van der Waals surface area (Å²) in [7, 11) is -1.76. The van der Waals surface area contributed by atoms with E-state index in [0.29, 0.717) is 6.42 Å². The second-order valence-electron chi connectivity index (χ2n) is 3.96. The molecular formula is C9H21NO4S. The van der Waals surface area contributed by atoms with Crippen molar-refractivity contribution in [1.29, 1.82) is 0 Å². The standard InChI is InChI=1S/C9H21NO4S/c1-8(2)7-15(12,13)10-9(4-5-11)6-14-3/h8-11H,4-7H2,1-3H3. The van der Waals surface area contributed by atoms with Crippen LogP contribution in [0.3, 0.4) is 0 Å². The van der Waals surface area contributed by atoms with Crippen LogP contribution >= 0.6 is 0 Å². The molecule has 0 aromatic carbocycles. The minimum atomic E-state index is -3.27. The van der Waals surface area contributed by atoms with E-state index in [1.165, 1.54) is 7.11 Å². The predicted molar refractivity (Wildman–Crippen MR) is 59.1 cm³/mol. The van der Waals surface area contributed by atoms with Gasteiger partial charge in [0.05, 0.1) is 12.4 Å². The fraction of sp³-hybridized carbons (Fsp3) is 1.00. The van der Waals surface area contributed by atoms with E-state index in [-0.39, 0.29) is 30.9 Å². The molecule has 15 heavy (non-hydrogen) atoms. The highest BCUT2D eigenvalue weighted by atomic mass is 32.2. The van der Waals surface area contributed by atoms with Crippen LogP contribution in [0, 0.1) is 5.92 Å². The van der Waals surface area contributed by atoms with Crippen molar-refractivity contribution in [3.05, 3.63) is 0 Å². The van der Waals surface area contributed by atoms with Crippen LogP contribution in [0.1, 0.15) is 20.3 Å². The molecule has 0 bridgehead atoms. The van der Waals surface area contributed by atoms with Crippen LogP contribution in [0.2, 0.25) is 0 Å². The number of rotatable bonds is 8. The third kappa shape index (κ3) is 7.72. The van der Waals surface area contributed by atoms with Crippen LogP contribution in [0.5, 0.6) is 0 Å². The predicted octanol–water partition coefficient (Wildman–Crippen LogP) is -0.0408. The topological polar surface area (TPSA) is 75.6 Å². The molecule has 1 unspecified atom stereocenters. The summed E-state index contributed by atoms with van der Waals surface area (Å²) in [5, 5.41) is 8.75. The minimum absolute atomic E-state index is 0.0573. The van der Waals surface area contributed by atoms with Crippen molar-refractivity contribution in [2.45, 2.75) is 26.3 Å². The molecule has 0 rings (SSSR count). The molecule has 0 saturated carbocycles. The Labute approximate surface area is 91.9 Å². The molecule has 0 saturated heterocycles. The maximum absolute atomic E-state index is 11.6. The van der Waals surface area contributed by atoms with Crippen LogP contribution in [0.15, 0.2) is 0 Å². The Morgan fingerprint density at radius 2 is 2.00 bits per heavy atom. The van der Waals surface area contributed by atoms with E-state index >= 15 is 0 Å². The lowest BCUT2D eigenvalue weighted by Crippen LogP contribution is -2.40. The van der Waals surface area contributed by atoms with E-state index in [2.05, 4.69) is 4.72 Å². The summed E-state index contributed by atoms with van der Waals surface area (Å²) in [6.07, 6.45) is 0.366. The van der Waals surface area contributed by atoms with E-state index in [1.807, 2.05) is 13.8 Å². The molecule has 0 heterocycles. The van der Waals surface area contributed by atoms with Crippen LogP contribution in [0.25, 0.3) is 0 Å². The van der Waals surface area contributed by atoms with Crippen molar-refractivity contribution in [3.63, 3.8) is 0 Å². The molecule has 2 N–H and O–H groups in total. The summed E-state index contributed by atoms with van der Waals surface area (Å²) in [6.45, 7) is 3.91. The molecule has 6 heteroatoms. The van der Waals surface area contributed by atoms with Crippen molar-refractivity contribution >= 4 is 10.0 Å². The largest absolute Gasteiger partial charge is 0.396 e. The molecule has 0 aromatic rings. The number of ether oxygens (including phenoxy) is 1. The number of nitrogens with one attached hydrogen (secondary N) is 1. The molecule has 0 aromatic heterocycles. The summed E-state index contributed by atoms with van der Waals surface area (Å²) in [5.74, 6) is 0.179. The maximum atomic E-state index is 11.6. The lowest BCUT2D eigenvalue weighted by atomic mass is 10.2. The Morgan fingerprint density at radius 1 is 1.40 bits per heavy atom. The zero-order valence-electron chi connectivity index (χ0n) is 9.56. The Kier molecular flexibility index (Phi) is 7.08. The molecular weight excluding hydrogens is 218 g/mol. The van der Waals surface area contributed by atoms with Gasteiger partial charge in [0, 0.05) is 19.8 Å². The fourth-order valence-electron chi connectivity index (χ4n) is 1.27. The summed E-state index contributed by atoms with van der Waals surface area (Å²) in [5.41, 5.74) is 0. The van der Waals surface area contributed by atoms with E-state index in [9.17, 15) is 8.42 Å². The zero-order chi connectivity index (χ0) is 11.9. The average molecular weight is 239 g/mol. The van der Waals surface area contributed by atoms with Gasteiger partial charge in [0.25, 0.3) is 0 Å². The first-order chi connectivity index (χ1) is 6.91. The van der Waals surface area contributed by atoms with E-state index in [0.717, 1.165) is 0 Å². The van der Waals surface area contributed by atoms with Gasteiger partial charge >= 0.3 is 0 Å². The number of aliphatic hydroxyl groups is 1. The molecule has 0 fully saturated rings. The molecule has 0 aliphatic carbocycles. The lowest BCUT2D eigenvalue weighted by molar-refractivity contribution is 0.158. The molecule has 0 spiro atoms. The lowest BCUT2D eigenvalue weighted by Gasteiger charge is -2.17. The van der Waals surface area contributed by atoms with Gasteiger partial charge in [0.2, 0.25) is 10.0 Å². The SMILES string of the molecule is COCC(CCO)NS(=O)(=O)CC(C)C. The van der Waals surface area contributed by atoms with Gasteiger partial charge in [-0.05, 0) is 12.3 Å². The van der Waals surface area contributed by atoms with Gasteiger partial charge in [-0.1, -0.05) is 13.8 Å². The molecule has 0 amide bonds. The maximum Gasteiger partial charge on any atom is 0.212 e. The summed E-state index contributed by atoms with van der Waals surface area (Å²) >= 11 is 0. The Balaban J connectivity index is 4.24. The van der Waals surface area contributed by atoms with Crippen molar-refractivity contribution < 1.29 is 18.3 Å². The van der Waals surface area contributed by atoms with Gasteiger partial charge in [-0.3, -0.25) is 0 Å². The quantitative estimate of drug-likeness (QED) is 0.623. The van der Waals surface area contributed by atoms with Crippen LogP contribution in [-0.4, -0.2) is 45.6 Å².